The molecular formula is C76H110O32. The van der Waals surface area contributed by atoms with Crippen molar-refractivity contribution in [1.82, 2.24) is 0 Å². The average Bonchev–Trinajstić information content (AvgIpc) is 1.40. The number of hydrogen-bond acceptors (Lipinski definition) is 31. The van der Waals surface area contributed by atoms with Crippen LogP contribution in [0.4, 0.5) is 0 Å². The van der Waals surface area contributed by atoms with Crippen LogP contribution in [-0.2, 0) is 77.6 Å². The summed E-state index contributed by atoms with van der Waals surface area (Å²) in [6, 6.07) is 17.8. The highest BCUT2D eigenvalue weighted by molar-refractivity contribution is 5.89. The van der Waals surface area contributed by atoms with E-state index in [-0.39, 0.29) is 36.7 Å². The summed E-state index contributed by atoms with van der Waals surface area (Å²) < 4.78 is 82.5. The number of esters is 2. The summed E-state index contributed by atoms with van der Waals surface area (Å²) >= 11 is 0. The van der Waals surface area contributed by atoms with Crippen LogP contribution in [0.5, 0.6) is 0 Å². The molecule has 6 saturated heterocycles. The molecule has 2 aromatic rings. The number of aliphatic carboxylic acids is 1. The van der Waals surface area contributed by atoms with Crippen LogP contribution in [-0.4, -0.2) is 303 Å². The van der Waals surface area contributed by atoms with Gasteiger partial charge in [-0.25, -0.2) is 9.59 Å². The Morgan fingerprint density at radius 2 is 1.01 bits per heavy atom. The van der Waals surface area contributed by atoms with Gasteiger partial charge in [0.25, 0.3) is 0 Å². The van der Waals surface area contributed by atoms with E-state index >= 15 is 0 Å². The molecule has 1 spiro atoms. The number of benzene rings is 2. The predicted molar refractivity (Wildman–Crippen MR) is 365 cm³/mol. The van der Waals surface area contributed by atoms with Crippen molar-refractivity contribution in [3.63, 3.8) is 0 Å². The molecule has 6 aliphatic heterocycles. The molecule has 16 N–H and O–H groups in total. The van der Waals surface area contributed by atoms with E-state index in [2.05, 4.69) is 20.8 Å². The smallest absolute Gasteiger partial charge is 0.338 e. The zero-order chi connectivity index (χ0) is 78.2. The number of rotatable bonds is 19. The van der Waals surface area contributed by atoms with E-state index < -0.39 is 259 Å². The Balaban J connectivity index is 0.805. The van der Waals surface area contributed by atoms with Crippen molar-refractivity contribution in [3.05, 3.63) is 71.8 Å². The van der Waals surface area contributed by atoms with Gasteiger partial charge in [0, 0.05) is 23.2 Å². The van der Waals surface area contributed by atoms with Crippen LogP contribution in [0.2, 0.25) is 0 Å². The lowest BCUT2D eigenvalue weighted by Gasteiger charge is -2.75. The molecule has 5 saturated carbocycles. The second-order valence-electron chi connectivity index (χ2n) is 34.3. The van der Waals surface area contributed by atoms with E-state index in [0.717, 1.165) is 5.56 Å². The van der Waals surface area contributed by atoms with E-state index in [1.165, 1.54) is 13.8 Å². The number of aryl methyl sites for hydroxylation is 1. The first-order valence-corrected chi connectivity index (χ1v) is 37.9. The third kappa shape index (κ3) is 13.4. The fourth-order valence-corrected chi connectivity index (χ4v) is 21.8. The van der Waals surface area contributed by atoms with Crippen LogP contribution in [0.1, 0.15) is 136 Å². The van der Waals surface area contributed by atoms with Crippen molar-refractivity contribution in [1.29, 1.82) is 0 Å². The molecule has 11 fully saturated rings. The number of carbonyl (C=O) groups is 3. The molecule has 2 aromatic carbocycles. The van der Waals surface area contributed by atoms with Crippen LogP contribution in [0.15, 0.2) is 60.7 Å². The first-order chi connectivity index (χ1) is 50.9. The SMILES string of the molecule is CC1OC(OC2C(OC3C(OC4C(O)C(C(=O)O)OC(OC5CCC6(C)C(CCC7(C)C6CCC68OC(O)C9(C(O)CC76C)C(OC(=O)CCc6ccccc6)C(OC(=O)c6ccccc6)C(C)(C)CC98)C5(C)C)C4OC4OC(CO)C(O)C(O)C4O)OC(CO)C(O)C3O)OC(C)C(O)C2O)C(O)C(O)C1O. The second kappa shape index (κ2) is 30.5. The van der Waals surface area contributed by atoms with Gasteiger partial charge in [-0.15, -0.1) is 0 Å². The average molecular weight is 1540 g/mol. The molecule has 6 heterocycles. The molecule has 108 heavy (non-hydrogen) atoms. The summed E-state index contributed by atoms with van der Waals surface area (Å²) in [6.07, 6.45) is -51.5. The maximum atomic E-state index is 14.5. The molecule has 5 aliphatic carbocycles. The molecule has 0 amide bonds. The van der Waals surface area contributed by atoms with E-state index in [1.54, 1.807) is 30.3 Å². The van der Waals surface area contributed by atoms with Crippen LogP contribution >= 0.6 is 0 Å². The van der Waals surface area contributed by atoms with Gasteiger partial charge in [-0.2, -0.15) is 0 Å². The minimum Gasteiger partial charge on any atom is -0.479 e. The number of aliphatic hydroxyl groups excluding tert-OH is 15. The predicted octanol–water partition coefficient (Wildman–Crippen LogP) is -1.07. The van der Waals surface area contributed by atoms with Gasteiger partial charge in [0.1, 0.15) is 110 Å². The Labute approximate surface area is 624 Å². The van der Waals surface area contributed by atoms with Crippen molar-refractivity contribution < 1.29 is 158 Å². The van der Waals surface area contributed by atoms with Crippen molar-refractivity contribution in [2.75, 3.05) is 13.2 Å². The first-order valence-electron chi connectivity index (χ1n) is 37.9. The largest absolute Gasteiger partial charge is 0.479 e. The van der Waals surface area contributed by atoms with Crippen LogP contribution in [0.3, 0.4) is 0 Å². The third-order valence-electron chi connectivity index (χ3n) is 27.8. The molecule has 13 rings (SSSR count). The number of carboxylic acids is 1. The summed E-state index contributed by atoms with van der Waals surface area (Å²) in [6.45, 7) is 15.2. The highest BCUT2D eigenvalue weighted by Crippen LogP contribution is 2.82. The lowest BCUT2D eigenvalue weighted by molar-refractivity contribution is -0.412. The highest BCUT2D eigenvalue weighted by atomic mass is 16.8. The zero-order valence-corrected chi connectivity index (χ0v) is 62.0. The Bertz CT molecular complexity index is 3470. The number of ether oxygens (including phenoxy) is 13. The van der Waals surface area contributed by atoms with Crippen molar-refractivity contribution in [3.8, 4) is 0 Å². The van der Waals surface area contributed by atoms with E-state index in [1.807, 2.05) is 58.0 Å². The van der Waals surface area contributed by atoms with Crippen LogP contribution in [0, 0.1) is 50.2 Å². The molecule has 2 bridgehead atoms. The molecule has 606 valence electrons. The maximum Gasteiger partial charge on any atom is 0.338 e. The zero-order valence-electron chi connectivity index (χ0n) is 62.0. The Kier molecular flexibility index (Phi) is 23.1. The van der Waals surface area contributed by atoms with Gasteiger partial charge in [0.05, 0.1) is 54.2 Å². The first kappa shape index (κ1) is 81.8. The summed E-state index contributed by atoms with van der Waals surface area (Å²) in [5, 5.41) is 183. The quantitative estimate of drug-likeness (QED) is 0.0588. The standard InChI is InChI=1S/C76H110O32/c1-32-44(81)48(85)52(89)64(96-32)104-57-50(87)45(82)33(2)97-66(57)105-58-51(88)47(84)37(31-78)99-67(58)102-55-54(91)56(62(92)93)103-68(59(55)106-65-53(90)49(86)46(83)36(30-77)98-65)100-42-24-25-72(7)38(71(42,5)6)22-26-73(8)39(72)23-27-75-40-28-70(3,4)60(107-63(94)35-18-14-11-15-19-35)61(101-43(80)21-20-34-16-12-10-13-17-34)76(40,69(95)108-75)41(79)29-74(73,75)9/h10-19,32-33,36-42,44-61,64-69,77-79,81-91,95H,20-31H2,1-9H3,(H,92,93). The fourth-order valence-electron chi connectivity index (χ4n) is 21.8. The van der Waals surface area contributed by atoms with E-state index in [0.29, 0.717) is 44.9 Å². The van der Waals surface area contributed by atoms with Crippen molar-refractivity contribution in [2.45, 2.75) is 316 Å². The Hall–Kier alpha value is -4.19. The summed E-state index contributed by atoms with van der Waals surface area (Å²) in [7, 11) is 0. The molecular weight excluding hydrogens is 1420 g/mol. The van der Waals surface area contributed by atoms with Crippen LogP contribution < -0.4 is 0 Å². The van der Waals surface area contributed by atoms with Gasteiger partial charge in [0.15, 0.2) is 49.9 Å². The highest BCUT2D eigenvalue weighted by Gasteiger charge is 2.86. The topological polar surface area (TPSA) is 495 Å². The van der Waals surface area contributed by atoms with Crippen molar-refractivity contribution in [2.24, 2.45) is 50.2 Å². The monoisotopic (exact) mass is 1530 g/mol. The molecule has 38 unspecified atom stereocenters. The minimum atomic E-state index is -2.38. The summed E-state index contributed by atoms with van der Waals surface area (Å²) in [5.41, 5.74) is -5.57. The number of aliphatic hydroxyl groups is 15. The number of carbonyl (C=O) groups excluding carboxylic acids is 2. The second-order valence-corrected chi connectivity index (χ2v) is 34.3. The number of fused-ring (bicyclic) bond motifs is 4. The molecule has 32 nitrogen and oxygen atoms in total. The molecule has 32 heteroatoms. The lowest BCUT2D eigenvalue weighted by Crippen LogP contribution is -2.77. The summed E-state index contributed by atoms with van der Waals surface area (Å²) in [4.78, 5) is 42.3. The van der Waals surface area contributed by atoms with Gasteiger partial charge in [-0.3, -0.25) is 4.79 Å². The maximum absolute atomic E-state index is 14.5. The molecule has 38 atom stereocenters. The molecule has 0 aromatic heterocycles. The number of hydrogen-bond donors (Lipinski definition) is 16. The lowest BCUT2D eigenvalue weighted by atomic mass is 9.30. The molecule has 0 radical (unpaired) electrons. The Morgan fingerprint density at radius 3 is 1.64 bits per heavy atom. The summed E-state index contributed by atoms with van der Waals surface area (Å²) in [5.74, 6) is -4.03. The van der Waals surface area contributed by atoms with Gasteiger partial charge in [-0.05, 0) is 117 Å². The fraction of sp³-hybridized carbons (Fsp3) is 0.803. The van der Waals surface area contributed by atoms with Crippen molar-refractivity contribution >= 4 is 17.9 Å². The minimum absolute atomic E-state index is 0.0505. The normalized spacial score (nSPS) is 50.2. The number of carboxylic acid groups (broad SMARTS) is 1. The van der Waals surface area contributed by atoms with Gasteiger partial charge < -0.3 is 143 Å². The van der Waals surface area contributed by atoms with E-state index in [4.69, 9.17) is 61.6 Å². The van der Waals surface area contributed by atoms with Gasteiger partial charge >= 0.3 is 17.9 Å². The molecule has 11 aliphatic rings. The Morgan fingerprint density at radius 1 is 0.491 bits per heavy atom. The van der Waals surface area contributed by atoms with Crippen LogP contribution in [0.25, 0.3) is 0 Å². The van der Waals surface area contributed by atoms with Gasteiger partial charge in [0.2, 0.25) is 0 Å². The third-order valence-corrected chi connectivity index (χ3v) is 27.8. The van der Waals surface area contributed by atoms with Gasteiger partial charge in [-0.1, -0.05) is 97.0 Å². The van der Waals surface area contributed by atoms with E-state index in [9.17, 15) is 96.1 Å².